The third-order valence-electron chi connectivity index (χ3n) is 6.20. The minimum atomic E-state index is -5.84. The lowest BCUT2D eigenvalue weighted by atomic mass is 9.87. The fourth-order valence-corrected chi connectivity index (χ4v) is 4.88. The average molecular weight is 705 g/mol. The lowest BCUT2D eigenvalue weighted by Crippen LogP contribution is -2.22. The number of hydrogen-bond donors (Lipinski definition) is 2. The number of benzene rings is 4. The van der Waals surface area contributed by atoms with Crippen LogP contribution in [0.5, 0.6) is 17.2 Å². The maximum Gasteiger partial charge on any atom is 0.522 e. The second kappa shape index (κ2) is 14.4. The Labute approximate surface area is 287 Å². The summed E-state index contributed by atoms with van der Waals surface area (Å²) in [6.07, 6.45) is 0. The predicted octanol–water partition coefficient (Wildman–Crippen LogP) is 10.9. The van der Waals surface area contributed by atoms with Gasteiger partial charge in [0.1, 0.15) is 34.1 Å². The van der Waals surface area contributed by atoms with Crippen LogP contribution in [0.25, 0.3) is 33.4 Å². The van der Waals surface area contributed by atoms with Crippen molar-refractivity contribution in [2.75, 3.05) is 0 Å². The molecular weight excluding hydrogens is 662 g/mol. The predicted molar refractivity (Wildman–Crippen MR) is 189 cm³/mol. The third kappa shape index (κ3) is 11.5. The molecule has 0 amide bonds. The van der Waals surface area contributed by atoms with Crippen LogP contribution in [0.15, 0.2) is 89.8 Å². The van der Waals surface area contributed by atoms with Gasteiger partial charge in [-0.25, -0.2) is 0 Å². The van der Waals surface area contributed by atoms with Gasteiger partial charge in [-0.1, -0.05) is 42.5 Å². The molecule has 0 heterocycles. The van der Waals surface area contributed by atoms with Gasteiger partial charge in [-0.05, 0) is 133 Å². The zero-order valence-electron chi connectivity index (χ0n) is 28.6. The van der Waals surface area contributed by atoms with Gasteiger partial charge < -0.3 is 14.2 Å². The van der Waals surface area contributed by atoms with E-state index in [0.29, 0.717) is 0 Å². The third-order valence-corrected chi connectivity index (χ3v) is 7.16. The Kier molecular flexibility index (Phi) is 11.7. The van der Waals surface area contributed by atoms with Gasteiger partial charge >= 0.3 is 15.6 Å². The standard InChI is InChI=1S/C36H42O3S.CHF3O3S/c1-34(2,3)37-27-16-10-24(11-17-27)30-22-23-31(40)33(26-14-20-29(21-15-26)39-36(7,8)9)32(30)25-12-18-28(19-13-25)38-35(4,5)6;2-1(3,4)8(5,6)7/h10-23,40H,1-9H3;(H,5,6,7). The number of thiol groups is 1. The van der Waals surface area contributed by atoms with E-state index in [9.17, 15) is 13.2 Å². The smallest absolute Gasteiger partial charge is 0.488 e. The second-order valence-electron chi connectivity index (χ2n) is 14.0. The molecular formula is C37H43F3O6S2. The number of hydrogen-bond acceptors (Lipinski definition) is 6. The average Bonchev–Trinajstić information content (AvgIpc) is 2.91. The Morgan fingerprint density at radius 2 is 0.812 bits per heavy atom. The molecule has 260 valence electrons. The molecule has 0 saturated carbocycles. The van der Waals surface area contributed by atoms with Gasteiger partial charge in [-0.2, -0.15) is 21.6 Å². The van der Waals surface area contributed by atoms with Crippen molar-refractivity contribution in [2.45, 2.75) is 89.5 Å². The van der Waals surface area contributed by atoms with Crippen LogP contribution in [0.4, 0.5) is 13.2 Å². The number of halogens is 3. The highest BCUT2D eigenvalue weighted by atomic mass is 32.2. The first-order valence-electron chi connectivity index (χ1n) is 15.1. The van der Waals surface area contributed by atoms with Crippen molar-refractivity contribution in [3.63, 3.8) is 0 Å². The zero-order valence-corrected chi connectivity index (χ0v) is 30.3. The van der Waals surface area contributed by atoms with Crippen LogP contribution in [0.2, 0.25) is 0 Å². The molecule has 0 aromatic heterocycles. The molecule has 0 radical (unpaired) electrons. The summed E-state index contributed by atoms with van der Waals surface area (Å²) >= 11 is 4.95. The second-order valence-corrected chi connectivity index (χ2v) is 15.9. The van der Waals surface area contributed by atoms with Crippen molar-refractivity contribution < 1.29 is 40.4 Å². The zero-order chi connectivity index (χ0) is 36.3. The van der Waals surface area contributed by atoms with E-state index in [1.165, 1.54) is 0 Å². The molecule has 0 saturated heterocycles. The Balaban J connectivity index is 0.000000694. The van der Waals surface area contributed by atoms with Crippen LogP contribution in [0.3, 0.4) is 0 Å². The Bertz CT molecular complexity index is 1780. The van der Waals surface area contributed by atoms with E-state index in [2.05, 4.69) is 111 Å². The van der Waals surface area contributed by atoms with Gasteiger partial charge in [0.15, 0.2) is 0 Å². The lowest BCUT2D eigenvalue weighted by Gasteiger charge is -2.23. The van der Waals surface area contributed by atoms with Crippen molar-refractivity contribution in [3.8, 4) is 50.6 Å². The molecule has 0 aliphatic heterocycles. The molecule has 4 rings (SSSR count). The quantitative estimate of drug-likeness (QED) is 0.118. The van der Waals surface area contributed by atoms with E-state index in [1.54, 1.807) is 0 Å². The van der Waals surface area contributed by atoms with Crippen molar-refractivity contribution in [1.29, 1.82) is 0 Å². The molecule has 0 aliphatic rings. The van der Waals surface area contributed by atoms with Gasteiger partial charge in [-0.15, -0.1) is 12.6 Å². The summed E-state index contributed by atoms with van der Waals surface area (Å²) in [5.41, 5.74) is 0.255. The van der Waals surface area contributed by atoms with Crippen molar-refractivity contribution in [2.24, 2.45) is 0 Å². The first-order chi connectivity index (χ1) is 21.8. The number of alkyl halides is 3. The molecule has 0 bridgehead atoms. The van der Waals surface area contributed by atoms with Crippen LogP contribution >= 0.6 is 12.6 Å². The number of rotatable bonds is 6. The van der Waals surface area contributed by atoms with E-state index in [1.807, 2.05) is 36.4 Å². The van der Waals surface area contributed by atoms with E-state index >= 15 is 0 Å². The molecule has 0 aliphatic carbocycles. The molecule has 0 fully saturated rings. The Morgan fingerprint density at radius 3 is 1.10 bits per heavy atom. The molecule has 48 heavy (non-hydrogen) atoms. The summed E-state index contributed by atoms with van der Waals surface area (Å²) in [6.45, 7) is 18.5. The van der Waals surface area contributed by atoms with E-state index in [4.69, 9.17) is 39.8 Å². The largest absolute Gasteiger partial charge is 0.522 e. The van der Waals surface area contributed by atoms with Crippen molar-refractivity contribution in [1.82, 2.24) is 0 Å². The summed E-state index contributed by atoms with van der Waals surface area (Å²) in [7, 11) is -5.84. The van der Waals surface area contributed by atoms with Gasteiger partial charge in [-0.3, -0.25) is 4.55 Å². The molecule has 6 nitrogen and oxygen atoms in total. The minimum Gasteiger partial charge on any atom is -0.488 e. The van der Waals surface area contributed by atoms with Gasteiger partial charge in [0, 0.05) is 10.5 Å². The van der Waals surface area contributed by atoms with Crippen LogP contribution in [-0.4, -0.2) is 35.3 Å². The first-order valence-corrected chi connectivity index (χ1v) is 17.0. The van der Waals surface area contributed by atoms with Gasteiger partial charge in [0.25, 0.3) is 0 Å². The molecule has 0 unspecified atom stereocenters. The monoisotopic (exact) mass is 704 g/mol. The fraction of sp³-hybridized carbons (Fsp3) is 0.351. The summed E-state index contributed by atoms with van der Waals surface area (Å²) in [6, 6.07) is 29.2. The minimum absolute atomic E-state index is 0.257. The van der Waals surface area contributed by atoms with E-state index in [0.717, 1.165) is 55.5 Å². The number of ether oxygens (including phenoxy) is 3. The van der Waals surface area contributed by atoms with E-state index < -0.39 is 15.6 Å². The summed E-state index contributed by atoms with van der Waals surface area (Å²) in [5, 5.41) is 0. The molecule has 0 spiro atoms. The van der Waals surface area contributed by atoms with Gasteiger partial charge in [0.2, 0.25) is 0 Å². The van der Waals surface area contributed by atoms with E-state index in [-0.39, 0.29) is 16.8 Å². The van der Waals surface area contributed by atoms with Crippen LogP contribution in [0, 0.1) is 0 Å². The normalized spacial score (nSPS) is 12.5. The maximum atomic E-state index is 10.7. The molecule has 1 N–H and O–H groups in total. The van der Waals surface area contributed by atoms with Crippen molar-refractivity contribution >= 4 is 22.7 Å². The highest BCUT2D eigenvalue weighted by Crippen LogP contribution is 2.44. The highest BCUT2D eigenvalue weighted by Gasteiger charge is 2.44. The SMILES string of the molecule is CC(C)(C)Oc1ccc(-c2ccc(S)c(-c3ccc(OC(C)(C)C)cc3)c2-c2ccc(OC(C)(C)C)cc2)cc1.O=S(=O)(O)C(F)(F)F. The van der Waals surface area contributed by atoms with Crippen molar-refractivity contribution in [3.05, 3.63) is 84.9 Å². The Morgan fingerprint density at radius 1 is 0.521 bits per heavy atom. The molecule has 4 aromatic rings. The van der Waals surface area contributed by atoms with Crippen LogP contribution < -0.4 is 14.2 Å². The highest BCUT2D eigenvalue weighted by molar-refractivity contribution is 7.86. The summed E-state index contributed by atoms with van der Waals surface area (Å²) < 4.78 is 75.8. The summed E-state index contributed by atoms with van der Waals surface area (Å²) in [5.74, 6) is 2.53. The molecule has 11 heteroatoms. The van der Waals surface area contributed by atoms with Gasteiger partial charge in [0.05, 0.1) is 0 Å². The molecule has 0 atom stereocenters. The summed E-state index contributed by atoms with van der Waals surface area (Å²) in [4.78, 5) is 0.908. The molecule has 4 aromatic carbocycles. The van der Waals surface area contributed by atoms with Crippen LogP contribution in [0.1, 0.15) is 62.3 Å². The Hall–Kier alpha value is -3.67. The maximum absolute atomic E-state index is 10.7. The first kappa shape index (κ1) is 38.8. The van der Waals surface area contributed by atoms with Crippen LogP contribution in [-0.2, 0) is 10.1 Å². The topological polar surface area (TPSA) is 82.1 Å². The fourth-order valence-electron chi connectivity index (χ4n) is 4.57. The lowest BCUT2D eigenvalue weighted by molar-refractivity contribution is -0.0510.